The molecule has 32 heavy (non-hydrogen) atoms. The fourth-order valence-electron chi connectivity index (χ4n) is 2.98. The summed E-state index contributed by atoms with van der Waals surface area (Å²) in [5.74, 6) is 0.488. The molecule has 162 valence electrons. The van der Waals surface area contributed by atoms with E-state index >= 15 is 0 Å². The first-order valence-corrected chi connectivity index (χ1v) is 9.91. The van der Waals surface area contributed by atoms with Gasteiger partial charge in [0.25, 0.3) is 0 Å². The Hall–Kier alpha value is -3.95. The van der Waals surface area contributed by atoms with E-state index in [1.54, 1.807) is 61.7 Å². The number of benzene rings is 3. The van der Waals surface area contributed by atoms with Crippen molar-refractivity contribution in [3.8, 4) is 23.3 Å². The zero-order valence-corrected chi connectivity index (χ0v) is 18.2. The molecule has 0 amide bonds. The number of nitrogens with zero attached hydrogens (tertiary/aromatic N) is 1. The predicted octanol–water partition coefficient (Wildman–Crippen LogP) is 5.70. The summed E-state index contributed by atoms with van der Waals surface area (Å²) in [5.41, 5.74) is 2.86. The average molecular weight is 450 g/mol. The van der Waals surface area contributed by atoms with Crippen LogP contribution in [0.4, 0.5) is 0 Å². The molecule has 0 aliphatic carbocycles. The largest absolute Gasteiger partial charge is 0.497 e. The number of allylic oxidation sites excluding steroid dienone is 1. The SMILES string of the molecule is COc1ccc(/C(C#N)=C/c2cc(Cl)c(OCc3ccc(C(=O)O)cc3)c(OC)c2)cc1. The van der Waals surface area contributed by atoms with Gasteiger partial charge in [0.15, 0.2) is 11.5 Å². The Morgan fingerprint density at radius 2 is 1.69 bits per heavy atom. The fourth-order valence-corrected chi connectivity index (χ4v) is 3.25. The number of aromatic carboxylic acids is 1. The van der Waals surface area contributed by atoms with Gasteiger partial charge in [-0.15, -0.1) is 0 Å². The van der Waals surface area contributed by atoms with Crippen molar-refractivity contribution in [3.63, 3.8) is 0 Å². The number of carboxylic acids is 1. The molecule has 0 heterocycles. The second-order valence-electron chi connectivity index (χ2n) is 6.72. The van der Waals surface area contributed by atoms with Gasteiger partial charge in [0.2, 0.25) is 0 Å². The molecule has 3 aromatic carbocycles. The van der Waals surface area contributed by atoms with Crippen LogP contribution >= 0.6 is 11.6 Å². The molecule has 0 spiro atoms. The molecule has 0 aromatic heterocycles. The molecule has 0 saturated heterocycles. The zero-order chi connectivity index (χ0) is 23.1. The van der Waals surface area contributed by atoms with Crippen molar-refractivity contribution < 1.29 is 24.1 Å². The van der Waals surface area contributed by atoms with Crippen LogP contribution in [0.2, 0.25) is 5.02 Å². The molecule has 0 aliphatic heterocycles. The highest BCUT2D eigenvalue weighted by Gasteiger charge is 2.13. The van der Waals surface area contributed by atoms with Crippen LogP contribution in [0.1, 0.15) is 27.0 Å². The van der Waals surface area contributed by atoms with Crippen LogP contribution < -0.4 is 14.2 Å². The Bertz CT molecular complexity index is 1180. The van der Waals surface area contributed by atoms with Gasteiger partial charge in [0.1, 0.15) is 12.4 Å². The lowest BCUT2D eigenvalue weighted by molar-refractivity contribution is 0.0697. The van der Waals surface area contributed by atoms with Crippen molar-refractivity contribution >= 4 is 29.2 Å². The molecule has 3 aromatic rings. The van der Waals surface area contributed by atoms with Gasteiger partial charge >= 0.3 is 5.97 Å². The maximum absolute atomic E-state index is 11.0. The maximum atomic E-state index is 11.0. The molecule has 0 saturated carbocycles. The van der Waals surface area contributed by atoms with E-state index in [9.17, 15) is 10.1 Å². The summed E-state index contributed by atoms with van der Waals surface area (Å²) in [6.45, 7) is 0.181. The third-order valence-corrected chi connectivity index (χ3v) is 4.95. The summed E-state index contributed by atoms with van der Waals surface area (Å²) in [6, 6.07) is 19.2. The van der Waals surface area contributed by atoms with Gasteiger partial charge in [-0.25, -0.2) is 4.79 Å². The number of hydrogen-bond acceptors (Lipinski definition) is 5. The van der Waals surface area contributed by atoms with Crippen LogP contribution in [0.15, 0.2) is 60.7 Å². The monoisotopic (exact) mass is 449 g/mol. The lowest BCUT2D eigenvalue weighted by atomic mass is 10.0. The second kappa shape index (κ2) is 10.4. The first-order valence-electron chi connectivity index (χ1n) is 9.54. The van der Waals surface area contributed by atoms with Crippen LogP contribution in [-0.2, 0) is 6.61 Å². The summed E-state index contributed by atoms with van der Waals surface area (Å²) >= 11 is 6.45. The standard InChI is InChI=1S/C25H20ClNO5/c1-30-21-9-7-18(8-10-21)20(14-27)11-17-12-22(26)24(23(13-17)31-2)32-15-16-3-5-19(6-4-16)25(28)29/h3-13H,15H2,1-2H3,(H,28,29)/b20-11+. The summed E-state index contributed by atoms with van der Waals surface area (Å²) in [7, 11) is 3.08. The summed E-state index contributed by atoms with van der Waals surface area (Å²) in [5, 5.41) is 18.9. The summed E-state index contributed by atoms with van der Waals surface area (Å²) in [4.78, 5) is 11.0. The molecule has 0 bridgehead atoms. The fraction of sp³-hybridized carbons (Fsp3) is 0.120. The highest BCUT2D eigenvalue weighted by atomic mass is 35.5. The predicted molar refractivity (Wildman–Crippen MR) is 122 cm³/mol. The molecule has 6 nitrogen and oxygen atoms in total. The lowest BCUT2D eigenvalue weighted by Crippen LogP contribution is -2.00. The first kappa shape index (κ1) is 22.7. The number of halogens is 1. The molecular weight excluding hydrogens is 430 g/mol. The van der Waals surface area contributed by atoms with E-state index in [1.165, 1.54) is 19.2 Å². The Morgan fingerprint density at radius 1 is 1.03 bits per heavy atom. The Balaban J connectivity index is 1.84. The van der Waals surface area contributed by atoms with E-state index < -0.39 is 5.97 Å². The highest BCUT2D eigenvalue weighted by Crippen LogP contribution is 2.38. The number of rotatable bonds is 8. The smallest absolute Gasteiger partial charge is 0.335 e. The molecule has 0 radical (unpaired) electrons. The van der Waals surface area contributed by atoms with Crippen molar-refractivity contribution in [2.45, 2.75) is 6.61 Å². The molecule has 0 unspecified atom stereocenters. The third kappa shape index (κ3) is 5.39. The summed E-state index contributed by atoms with van der Waals surface area (Å²) in [6.07, 6.45) is 1.71. The van der Waals surface area contributed by atoms with E-state index in [1.807, 2.05) is 0 Å². The molecule has 0 atom stereocenters. The van der Waals surface area contributed by atoms with Gasteiger partial charge in [-0.05, 0) is 71.3 Å². The molecule has 1 N–H and O–H groups in total. The number of methoxy groups -OCH3 is 2. The quantitative estimate of drug-likeness (QED) is 0.350. The van der Waals surface area contributed by atoms with Crippen LogP contribution in [0.25, 0.3) is 11.6 Å². The van der Waals surface area contributed by atoms with Crippen molar-refractivity contribution in [2.75, 3.05) is 14.2 Å². The number of ether oxygens (including phenoxy) is 3. The number of carboxylic acid groups (broad SMARTS) is 1. The van der Waals surface area contributed by atoms with E-state index in [-0.39, 0.29) is 12.2 Å². The van der Waals surface area contributed by atoms with Gasteiger partial charge in [-0.3, -0.25) is 0 Å². The summed E-state index contributed by atoms with van der Waals surface area (Å²) < 4.78 is 16.4. The zero-order valence-electron chi connectivity index (χ0n) is 17.5. The van der Waals surface area contributed by atoms with Gasteiger partial charge in [0.05, 0.1) is 36.4 Å². The van der Waals surface area contributed by atoms with Crippen molar-refractivity contribution in [2.24, 2.45) is 0 Å². The maximum Gasteiger partial charge on any atom is 0.335 e. The minimum atomic E-state index is -0.989. The third-order valence-electron chi connectivity index (χ3n) is 4.67. The molecule has 3 rings (SSSR count). The van der Waals surface area contributed by atoms with Gasteiger partial charge < -0.3 is 19.3 Å². The Kier molecular flexibility index (Phi) is 7.37. The minimum absolute atomic E-state index is 0.181. The Labute approximate surface area is 190 Å². The molecular formula is C25H20ClNO5. The van der Waals surface area contributed by atoms with Gasteiger partial charge in [0, 0.05) is 0 Å². The number of carbonyl (C=O) groups is 1. The van der Waals surface area contributed by atoms with Crippen LogP contribution in [0.5, 0.6) is 17.2 Å². The van der Waals surface area contributed by atoms with E-state index in [0.29, 0.717) is 33.4 Å². The topological polar surface area (TPSA) is 88.8 Å². The van der Waals surface area contributed by atoms with Crippen LogP contribution in [-0.4, -0.2) is 25.3 Å². The molecule has 0 aliphatic rings. The van der Waals surface area contributed by atoms with E-state index in [4.69, 9.17) is 30.9 Å². The number of hydrogen-bond donors (Lipinski definition) is 1. The van der Waals surface area contributed by atoms with Crippen molar-refractivity contribution in [1.29, 1.82) is 5.26 Å². The Morgan fingerprint density at radius 3 is 2.25 bits per heavy atom. The minimum Gasteiger partial charge on any atom is -0.497 e. The lowest BCUT2D eigenvalue weighted by Gasteiger charge is -2.14. The van der Waals surface area contributed by atoms with E-state index in [0.717, 1.165) is 11.1 Å². The van der Waals surface area contributed by atoms with Gasteiger partial charge in [-0.2, -0.15) is 5.26 Å². The van der Waals surface area contributed by atoms with Gasteiger partial charge in [-0.1, -0.05) is 23.7 Å². The molecule has 7 heteroatoms. The van der Waals surface area contributed by atoms with Crippen molar-refractivity contribution in [1.82, 2.24) is 0 Å². The molecule has 0 fully saturated rings. The normalized spacial score (nSPS) is 10.9. The second-order valence-corrected chi connectivity index (χ2v) is 7.13. The van der Waals surface area contributed by atoms with Crippen LogP contribution in [0.3, 0.4) is 0 Å². The van der Waals surface area contributed by atoms with E-state index in [2.05, 4.69) is 6.07 Å². The highest BCUT2D eigenvalue weighted by molar-refractivity contribution is 6.32. The average Bonchev–Trinajstić information content (AvgIpc) is 2.81. The first-order chi connectivity index (χ1) is 15.4. The van der Waals surface area contributed by atoms with Crippen molar-refractivity contribution in [3.05, 3.63) is 87.9 Å². The number of nitriles is 1. The van der Waals surface area contributed by atoms with Crippen LogP contribution in [0, 0.1) is 11.3 Å².